The van der Waals surface area contributed by atoms with Gasteiger partial charge in [-0.05, 0) is 44.2 Å². The number of anilines is 2. The van der Waals surface area contributed by atoms with Gasteiger partial charge in [-0.15, -0.1) is 5.10 Å². The predicted octanol–water partition coefficient (Wildman–Crippen LogP) is 4.15. The third kappa shape index (κ3) is 5.64. The zero-order valence-corrected chi connectivity index (χ0v) is 22.3. The lowest BCUT2D eigenvalue weighted by Gasteiger charge is -2.37. The molecule has 0 aliphatic carbocycles. The van der Waals surface area contributed by atoms with Crippen LogP contribution in [-0.4, -0.2) is 73.5 Å². The van der Waals surface area contributed by atoms with Crippen LogP contribution in [0.2, 0.25) is 0 Å². The summed E-state index contributed by atoms with van der Waals surface area (Å²) in [4.78, 5) is 29.7. The fourth-order valence-electron chi connectivity index (χ4n) is 4.73. The van der Waals surface area contributed by atoms with Gasteiger partial charge >= 0.3 is 6.18 Å². The Labute approximate surface area is 228 Å². The summed E-state index contributed by atoms with van der Waals surface area (Å²) in [6, 6.07) is 4.16. The van der Waals surface area contributed by atoms with Gasteiger partial charge in [0, 0.05) is 61.7 Å². The van der Waals surface area contributed by atoms with E-state index < -0.39 is 17.6 Å². The molecule has 1 aliphatic rings. The quantitative estimate of drug-likeness (QED) is 0.381. The van der Waals surface area contributed by atoms with Gasteiger partial charge < -0.3 is 15.1 Å². The van der Waals surface area contributed by atoms with E-state index in [1.807, 2.05) is 4.90 Å². The molecule has 1 aromatic carbocycles. The Balaban J connectivity index is 1.43. The highest BCUT2D eigenvalue weighted by molar-refractivity contribution is 6.04. The minimum absolute atomic E-state index is 0.0603. The third-order valence-electron chi connectivity index (χ3n) is 7.02. The Kier molecular flexibility index (Phi) is 7.48. The molecule has 1 N–H and O–H groups in total. The van der Waals surface area contributed by atoms with Gasteiger partial charge in [0.05, 0.1) is 28.7 Å². The van der Waals surface area contributed by atoms with Crippen molar-refractivity contribution in [3.05, 3.63) is 71.7 Å². The fourth-order valence-corrected chi connectivity index (χ4v) is 4.73. The summed E-state index contributed by atoms with van der Waals surface area (Å²) in [5.74, 6) is -0.593. The summed E-state index contributed by atoms with van der Waals surface area (Å²) >= 11 is 0. The van der Waals surface area contributed by atoms with Crippen LogP contribution in [0.3, 0.4) is 0 Å². The topological polar surface area (TPSA) is 105 Å². The summed E-state index contributed by atoms with van der Waals surface area (Å²) < 4.78 is 43.4. The number of aromatic nitrogens is 6. The Morgan fingerprint density at radius 3 is 2.40 bits per heavy atom. The number of aryl methyl sites for hydroxylation is 1. The van der Waals surface area contributed by atoms with E-state index in [0.29, 0.717) is 41.4 Å². The minimum Gasteiger partial charge on any atom is -0.369 e. The lowest BCUT2D eigenvalue weighted by Crippen LogP contribution is -2.46. The van der Waals surface area contributed by atoms with E-state index in [9.17, 15) is 18.0 Å². The number of halogens is 3. The largest absolute Gasteiger partial charge is 0.416 e. The first-order chi connectivity index (χ1) is 19.1. The first-order valence-corrected chi connectivity index (χ1v) is 12.8. The zero-order valence-electron chi connectivity index (χ0n) is 22.3. The number of nitrogens with one attached hydrogen (secondary N) is 1. The molecule has 0 bridgehead atoms. The van der Waals surface area contributed by atoms with Gasteiger partial charge in [0.1, 0.15) is 12.0 Å². The van der Waals surface area contributed by atoms with Crippen LogP contribution in [0, 0.1) is 13.8 Å². The molecule has 0 unspecified atom stereocenters. The standard InChI is InChI=1S/C27H28F3N9O/c1-4-37-5-7-38(8-6-37)24-11-21(10-22(17(24)2)27(28,29)30)34-26(40)19-9-25(18(3)33-14-19)39-15-23(35-36-39)20-12-31-16-32-13-20/h9-16H,4-8H2,1-3H3,(H,34,40). The van der Waals surface area contributed by atoms with Gasteiger partial charge in [-0.1, -0.05) is 12.1 Å². The fraction of sp³-hybridized carbons (Fsp3) is 0.333. The molecule has 208 valence electrons. The number of carbonyl (C=O) groups is 1. The van der Waals surface area contributed by atoms with Gasteiger partial charge in [0.25, 0.3) is 5.91 Å². The maximum atomic E-state index is 14.0. The molecule has 10 nitrogen and oxygen atoms in total. The van der Waals surface area contributed by atoms with Gasteiger partial charge in [-0.2, -0.15) is 13.2 Å². The first kappa shape index (κ1) is 27.2. The molecule has 4 aromatic rings. The lowest BCUT2D eigenvalue weighted by atomic mass is 10.0. The Bertz CT molecular complexity index is 1510. The van der Waals surface area contributed by atoms with Crippen molar-refractivity contribution in [3.8, 4) is 16.9 Å². The van der Waals surface area contributed by atoms with Crippen molar-refractivity contribution in [2.24, 2.45) is 0 Å². The van der Waals surface area contributed by atoms with Gasteiger partial charge in [-0.3, -0.25) is 9.78 Å². The maximum absolute atomic E-state index is 14.0. The molecular formula is C27H28F3N9O. The number of likely N-dealkylation sites (N-methyl/N-ethyl adjacent to an activating group) is 1. The van der Waals surface area contributed by atoms with Crippen LogP contribution >= 0.6 is 0 Å². The molecule has 13 heteroatoms. The molecular weight excluding hydrogens is 523 g/mol. The Morgan fingerprint density at radius 2 is 1.73 bits per heavy atom. The minimum atomic E-state index is -4.57. The molecule has 1 fully saturated rings. The maximum Gasteiger partial charge on any atom is 0.416 e. The highest BCUT2D eigenvalue weighted by Gasteiger charge is 2.35. The van der Waals surface area contributed by atoms with Crippen molar-refractivity contribution in [1.29, 1.82) is 0 Å². The summed E-state index contributed by atoms with van der Waals surface area (Å²) in [5.41, 5.74) is 2.32. The second kappa shape index (κ2) is 11.0. The van der Waals surface area contributed by atoms with Crippen molar-refractivity contribution < 1.29 is 18.0 Å². The van der Waals surface area contributed by atoms with E-state index in [2.05, 4.69) is 42.4 Å². The van der Waals surface area contributed by atoms with E-state index >= 15 is 0 Å². The van der Waals surface area contributed by atoms with Gasteiger partial charge in [0.15, 0.2) is 0 Å². The number of piperazine rings is 1. The molecule has 40 heavy (non-hydrogen) atoms. The van der Waals surface area contributed by atoms with Crippen LogP contribution < -0.4 is 10.2 Å². The number of carbonyl (C=O) groups excluding carboxylic acids is 1. The Hall–Kier alpha value is -4.39. The number of hydrogen-bond donors (Lipinski definition) is 1. The SMILES string of the molecule is CCN1CCN(c2cc(NC(=O)c3cnc(C)c(-n4cc(-c5cncnc5)nn4)c3)cc(C(F)(F)F)c2C)CC1. The zero-order chi connectivity index (χ0) is 28.4. The van der Waals surface area contributed by atoms with E-state index in [1.165, 1.54) is 24.1 Å². The van der Waals surface area contributed by atoms with Gasteiger partial charge in [-0.25, -0.2) is 14.6 Å². The van der Waals surface area contributed by atoms with Crippen LogP contribution in [0.4, 0.5) is 24.5 Å². The average molecular weight is 552 g/mol. The van der Waals surface area contributed by atoms with E-state index in [1.54, 1.807) is 37.6 Å². The van der Waals surface area contributed by atoms with Crippen LogP contribution in [-0.2, 0) is 6.18 Å². The molecule has 0 saturated carbocycles. The number of pyridine rings is 1. The van der Waals surface area contributed by atoms with Crippen molar-refractivity contribution in [3.63, 3.8) is 0 Å². The molecule has 4 heterocycles. The van der Waals surface area contributed by atoms with Crippen LogP contribution in [0.15, 0.2) is 49.3 Å². The molecule has 0 radical (unpaired) electrons. The third-order valence-corrected chi connectivity index (χ3v) is 7.02. The van der Waals surface area contributed by atoms with Gasteiger partial charge in [0.2, 0.25) is 0 Å². The highest BCUT2D eigenvalue weighted by atomic mass is 19.4. The molecule has 1 saturated heterocycles. The second-order valence-electron chi connectivity index (χ2n) is 9.55. The summed E-state index contributed by atoms with van der Waals surface area (Å²) in [5, 5.41) is 10.9. The van der Waals surface area contributed by atoms with Crippen molar-refractivity contribution >= 4 is 17.3 Å². The molecule has 3 aromatic heterocycles. The number of hydrogen-bond acceptors (Lipinski definition) is 8. The smallest absolute Gasteiger partial charge is 0.369 e. The average Bonchev–Trinajstić information content (AvgIpc) is 3.44. The van der Waals surface area contributed by atoms with Crippen LogP contribution in [0.25, 0.3) is 16.9 Å². The number of alkyl halides is 3. The van der Waals surface area contributed by atoms with E-state index in [0.717, 1.165) is 25.7 Å². The number of amides is 1. The molecule has 0 spiro atoms. The summed E-state index contributed by atoms with van der Waals surface area (Å²) in [7, 11) is 0. The van der Waals surface area contributed by atoms with E-state index in [-0.39, 0.29) is 16.8 Å². The summed E-state index contributed by atoms with van der Waals surface area (Å²) in [6.45, 7) is 8.89. The van der Waals surface area contributed by atoms with Crippen molar-refractivity contribution in [1.82, 2.24) is 34.8 Å². The predicted molar refractivity (Wildman–Crippen MR) is 143 cm³/mol. The van der Waals surface area contributed by atoms with Crippen molar-refractivity contribution in [2.75, 3.05) is 42.9 Å². The van der Waals surface area contributed by atoms with Crippen LogP contribution in [0.5, 0.6) is 0 Å². The van der Waals surface area contributed by atoms with Crippen LogP contribution in [0.1, 0.15) is 34.1 Å². The molecule has 5 rings (SSSR count). The normalized spacial score (nSPS) is 14.4. The number of nitrogens with zero attached hydrogens (tertiary/aromatic N) is 8. The lowest BCUT2D eigenvalue weighted by molar-refractivity contribution is -0.138. The highest BCUT2D eigenvalue weighted by Crippen LogP contribution is 2.39. The second-order valence-corrected chi connectivity index (χ2v) is 9.55. The summed E-state index contributed by atoms with van der Waals surface area (Å²) in [6.07, 6.45) is 3.07. The monoisotopic (exact) mass is 551 g/mol. The molecule has 1 aliphatic heterocycles. The molecule has 0 atom stereocenters. The number of rotatable bonds is 6. The number of benzene rings is 1. The molecule has 1 amide bonds. The first-order valence-electron chi connectivity index (χ1n) is 12.8. The Morgan fingerprint density at radius 1 is 1.00 bits per heavy atom. The van der Waals surface area contributed by atoms with Crippen molar-refractivity contribution in [2.45, 2.75) is 26.9 Å². The van der Waals surface area contributed by atoms with E-state index in [4.69, 9.17) is 0 Å².